The first-order valence-corrected chi connectivity index (χ1v) is 13.9. The third-order valence-electron chi connectivity index (χ3n) is 7.04. The molecule has 5 rings (SSSR count). The molecule has 0 unspecified atom stereocenters. The predicted octanol–water partition coefficient (Wildman–Crippen LogP) is 5.54. The number of alkyl carbamates (subject to hydrolysis) is 1. The van der Waals surface area contributed by atoms with Crippen LogP contribution in [0.5, 0.6) is 5.75 Å². The maximum atomic E-state index is 13.4. The molecule has 0 bridgehead atoms. The SMILES string of the molecule is CC(C)(C)OC(=O)NCc1ccc(-n2cc(OC(=O)O)c(=O)c3ccc(N4CCN(c5ccc(F)cc5)CC4)cc32)cc1. The van der Waals surface area contributed by atoms with Crippen LogP contribution in [0.25, 0.3) is 16.6 Å². The van der Waals surface area contributed by atoms with Crippen LogP contribution < -0.4 is 25.3 Å². The summed E-state index contributed by atoms with van der Waals surface area (Å²) in [6.45, 7) is 8.52. The van der Waals surface area contributed by atoms with Gasteiger partial charge in [0.05, 0.1) is 17.1 Å². The minimum Gasteiger partial charge on any atom is -0.449 e. The third kappa shape index (κ3) is 7.06. The van der Waals surface area contributed by atoms with Crippen LogP contribution >= 0.6 is 0 Å². The van der Waals surface area contributed by atoms with E-state index in [1.807, 2.05) is 36.4 Å². The van der Waals surface area contributed by atoms with Gasteiger partial charge in [0.1, 0.15) is 11.4 Å². The van der Waals surface area contributed by atoms with E-state index in [0.29, 0.717) is 29.7 Å². The molecule has 0 radical (unpaired) electrons. The van der Waals surface area contributed by atoms with Gasteiger partial charge in [0, 0.05) is 49.8 Å². The van der Waals surface area contributed by atoms with Crippen molar-refractivity contribution in [2.45, 2.75) is 32.9 Å². The van der Waals surface area contributed by atoms with Gasteiger partial charge >= 0.3 is 12.2 Å². The molecule has 0 spiro atoms. The molecule has 1 aliphatic rings. The smallest absolute Gasteiger partial charge is 0.449 e. The van der Waals surface area contributed by atoms with Crippen molar-refractivity contribution in [3.05, 3.63) is 94.5 Å². The fourth-order valence-corrected chi connectivity index (χ4v) is 5.00. The minimum atomic E-state index is -1.58. The zero-order valence-corrected chi connectivity index (χ0v) is 24.2. The van der Waals surface area contributed by atoms with Gasteiger partial charge in [-0.3, -0.25) is 4.79 Å². The maximum absolute atomic E-state index is 13.4. The van der Waals surface area contributed by atoms with Gasteiger partial charge in [-0.15, -0.1) is 0 Å². The molecule has 43 heavy (non-hydrogen) atoms. The lowest BCUT2D eigenvalue weighted by molar-refractivity contribution is 0.0523. The van der Waals surface area contributed by atoms with Crippen molar-refractivity contribution in [1.82, 2.24) is 9.88 Å². The number of amides is 1. The molecule has 0 saturated carbocycles. The molecule has 1 amide bonds. The number of carboxylic acid groups (broad SMARTS) is 1. The molecule has 4 aromatic rings. The number of benzene rings is 3. The summed E-state index contributed by atoms with van der Waals surface area (Å²) in [5, 5.41) is 12.3. The number of hydrogen-bond acceptors (Lipinski definition) is 7. The van der Waals surface area contributed by atoms with Gasteiger partial charge in [-0.2, -0.15) is 0 Å². The molecular formula is C32H33FN4O6. The Balaban J connectivity index is 1.42. The zero-order valence-electron chi connectivity index (χ0n) is 24.2. The van der Waals surface area contributed by atoms with E-state index in [-0.39, 0.29) is 18.1 Å². The van der Waals surface area contributed by atoms with Crippen molar-refractivity contribution >= 4 is 34.5 Å². The van der Waals surface area contributed by atoms with Gasteiger partial charge in [-0.25, -0.2) is 14.0 Å². The molecule has 11 heteroatoms. The second-order valence-electron chi connectivity index (χ2n) is 11.2. The van der Waals surface area contributed by atoms with Gasteiger partial charge in [0.25, 0.3) is 0 Å². The Morgan fingerprint density at radius 2 is 1.47 bits per heavy atom. The summed E-state index contributed by atoms with van der Waals surface area (Å²) in [4.78, 5) is 40.9. The van der Waals surface area contributed by atoms with Crippen LogP contribution in [-0.2, 0) is 11.3 Å². The molecule has 2 heterocycles. The highest BCUT2D eigenvalue weighted by atomic mass is 19.1. The molecule has 1 aliphatic heterocycles. The first-order valence-electron chi connectivity index (χ1n) is 13.9. The van der Waals surface area contributed by atoms with Gasteiger partial charge in [0.2, 0.25) is 5.43 Å². The lowest BCUT2D eigenvalue weighted by atomic mass is 10.1. The van der Waals surface area contributed by atoms with E-state index in [4.69, 9.17) is 9.47 Å². The number of rotatable bonds is 6. The van der Waals surface area contributed by atoms with E-state index in [2.05, 4.69) is 15.1 Å². The van der Waals surface area contributed by atoms with Crippen molar-refractivity contribution in [3.63, 3.8) is 0 Å². The predicted molar refractivity (Wildman–Crippen MR) is 162 cm³/mol. The van der Waals surface area contributed by atoms with Crippen molar-refractivity contribution < 1.29 is 28.6 Å². The van der Waals surface area contributed by atoms with Crippen LogP contribution in [0.15, 0.2) is 77.7 Å². The number of piperazine rings is 1. The fraction of sp³-hybridized carbons (Fsp3) is 0.281. The summed E-state index contributed by atoms with van der Waals surface area (Å²) >= 11 is 0. The molecule has 1 saturated heterocycles. The van der Waals surface area contributed by atoms with Crippen LogP contribution in [0.1, 0.15) is 26.3 Å². The van der Waals surface area contributed by atoms with Crippen LogP contribution in [0, 0.1) is 5.82 Å². The van der Waals surface area contributed by atoms with Gasteiger partial charge < -0.3 is 34.3 Å². The number of aromatic nitrogens is 1. The number of nitrogens with zero attached hydrogens (tertiary/aromatic N) is 3. The molecule has 2 N–H and O–H groups in total. The number of pyridine rings is 1. The Morgan fingerprint density at radius 3 is 2.07 bits per heavy atom. The summed E-state index contributed by atoms with van der Waals surface area (Å²) in [6.07, 6.45) is -0.727. The lowest BCUT2D eigenvalue weighted by Gasteiger charge is -2.37. The van der Waals surface area contributed by atoms with E-state index in [0.717, 1.165) is 30.0 Å². The highest BCUT2D eigenvalue weighted by Crippen LogP contribution is 2.27. The average molecular weight is 589 g/mol. The lowest BCUT2D eigenvalue weighted by Crippen LogP contribution is -2.46. The van der Waals surface area contributed by atoms with Crippen LogP contribution in [-0.4, -0.2) is 53.7 Å². The number of fused-ring (bicyclic) bond motifs is 1. The van der Waals surface area contributed by atoms with Gasteiger partial charge in [0.15, 0.2) is 5.75 Å². The molecule has 3 aromatic carbocycles. The molecular weight excluding hydrogens is 555 g/mol. The second-order valence-corrected chi connectivity index (χ2v) is 11.2. The molecule has 1 fully saturated rings. The van der Waals surface area contributed by atoms with E-state index >= 15 is 0 Å². The number of nitrogens with one attached hydrogen (secondary N) is 1. The molecule has 0 aliphatic carbocycles. The Kier molecular flexibility index (Phi) is 8.24. The summed E-state index contributed by atoms with van der Waals surface area (Å²) in [5.41, 5.74) is 2.81. The van der Waals surface area contributed by atoms with E-state index < -0.39 is 23.3 Å². The van der Waals surface area contributed by atoms with Crippen molar-refractivity contribution in [3.8, 4) is 11.4 Å². The van der Waals surface area contributed by atoms with Crippen molar-refractivity contribution in [2.75, 3.05) is 36.0 Å². The molecule has 10 nitrogen and oxygen atoms in total. The number of carbonyl (C=O) groups excluding carboxylic acids is 1. The summed E-state index contributed by atoms with van der Waals surface area (Å²) < 4.78 is 25.2. The van der Waals surface area contributed by atoms with Gasteiger partial charge in [-0.1, -0.05) is 12.1 Å². The number of carbonyl (C=O) groups is 2. The maximum Gasteiger partial charge on any atom is 0.511 e. The Hall–Kier alpha value is -5.06. The highest BCUT2D eigenvalue weighted by molar-refractivity contribution is 5.86. The number of anilines is 2. The third-order valence-corrected chi connectivity index (χ3v) is 7.04. The van der Waals surface area contributed by atoms with Crippen LogP contribution in [0.3, 0.4) is 0 Å². The van der Waals surface area contributed by atoms with E-state index in [1.165, 1.54) is 18.3 Å². The largest absolute Gasteiger partial charge is 0.511 e. The van der Waals surface area contributed by atoms with Crippen molar-refractivity contribution in [1.29, 1.82) is 0 Å². The quantitative estimate of drug-likeness (QED) is 0.283. The Labute approximate surface area is 247 Å². The van der Waals surface area contributed by atoms with E-state index in [9.17, 15) is 23.9 Å². The summed E-state index contributed by atoms with van der Waals surface area (Å²) in [6, 6.07) is 19.2. The van der Waals surface area contributed by atoms with Crippen LogP contribution in [0.4, 0.5) is 25.4 Å². The molecule has 224 valence electrons. The zero-order chi connectivity index (χ0) is 30.7. The first kappa shape index (κ1) is 29.4. The Bertz CT molecular complexity index is 1690. The van der Waals surface area contributed by atoms with Crippen LogP contribution in [0.2, 0.25) is 0 Å². The summed E-state index contributed by atoms with van der Waals surface area (Å²) in [5.74, 6) is -0.579. The van der Waals surface area contributed by atoms with Crippen molar-refractivity contribution in [2.24, 2.45) is 0 Å². The molecule has 0 atom stereocenters. The highest BCUT2D eigenvalue weighted by Gasteiger charge is 2.20. The average Bonchev–Trinajstić information content (AvgIpc) is 2.97. The monoisotopic (exact) mass is 588 g/mol. The molecule has 1 aromatic heterocycles. The van der Waals surface area contributed by atoms with E-state index in [1.54, 1.807) is 43.5 Å². The second kappa shape index (κ2) is 12.0. The normalized spacial score (nSPS) is 13.6. The number of hydrogen-bond donors (Lipinski definition) is 2. The standard InChI is InChI=1S/C32H33FN4O6/c1-32(2,3)43-30(39)34-19-21-4-8-24(9-5-21)37-20-28(42-31(40)41)29(38)26-13-12-25(18-27(26)37)36-16-14-35(15-17-36)23-10-6-22(33)7-11-23/h4-13,18,20H,14-17,19H2,1-3H3,(H,34,39)(H,40,41). The first-order chi connectivity index (χ1) is 20.5. The summed E-state index contributed by atoms with van der Waals surface area (Å²) in [7, 11) is 0. The topological polar surface area (TPSA) is 113 Å². The van der Waals surface area contributed by atoms with Gasteiger partial charge in [-0.05, 0) is 80.9 Å². The Morgan fingerprint density at radius 1 is 0.884 bits per heavy atom. The number of halogens is 1. The fourth-order valence-electron chi connectivity index (χ4n) is 5.00. The minimum absolute atomic E-state index is 0.252. The number of ether oxygens (including phenoxy) is 2.